The molecular weight excluding hydrogens is 421 g/mol. The van der Waals surface area contributed by atoms with Gasteiger partial charge in [-0.15, -0.1) is 0 Å². The van der Waals surface area contributed by atoms with Gasteiger partial charge in [0.2, 0.25) is 0 Å². The maximum Gasteiger partial charge on any atom is 0.186 e. The fourth-order valence-electron chi connectivity index (χ4n) is 3.35. The molecule has 0 saturated heterocycles. The van der Waals surface area contributed by atoms with Gasteiger partial charge in [-0.3, -0.25) is 14.0 Å². The molecule has 2 heterocycles. The maximum absolute atomic E-state index is 13.1. The minimum absolute atomic E-state index is 0.126. The number of aryl methyl sites for hydroxylation is 2. The molecule has 0 spiro atoms. The van der Waals surface area contributed by atoms with E-state index in [2.05, 4.69) is 4.98 Å². The van der Waals surface area contributed by atoms with Crippen LogP contribution in [0.2, 0.25) is 10.0 Å². The fourth-order valence-corrected chi connectivity index (χ4v) is 3.87. The summed E-state index contributed by atoms with van der Waals surface area (Å²) in [4.78, 5) is 30.7. The van der Waals surface area contributed by atoms with Crippen LogP contribution in [0.25, 0.3) is 11.7 Å². The van der Waals surface area contributed by atoms with Gasteiger partial charge in [0.25, 0.3) is 0 Å². The van der Waals surface area contributed by atoms with E-state index in [4.69, 9.17) is 28.9 Å². The SMILES string of the molecule is CCCCC(=O)c1c(C(=O)C=Cc2c(Cl)cccc2Cl)cc(N)n2c(C)c(C)nc12. The normalized spacial score (nSPS) is 11.5. The molecule has 0 bridgehead atoms. The average molecular weight is 444 g/mol. The molecule has 3 aromatic rings. The highest BCUT2D eigenvalue weighted by Gasteiger charge is 2.23. The van der Waals surface area contributed by atoms with E-state index in [0.717, 1.165) is 24.2 Å². The number of Topliss-reactive ketones (excluding diaryl/α,β-unsaturated/α-hetero) is 1. The molecule has 2 N–H and O–H groups in total. The number of carbonyl (C=O) groups excluding carboxylic acids is 2. The number of pyridine rings is 1. The number of nitrogen functional groups attached to an aromatic ring is 1. The van der Waals surface area contributed by atoms with E-state index < -0.39 is 0 Å². The van der Waals surface area contributed by atoms with Gasteiger partial charge >= 0.3 is 0 Å². The Morgan fingerprint density at radius 3 is 2.50 bits per heavy atom. The van der Waals surface area contributed by atoms with Crippen LogP contribution in [0.15, 0.2) is 30.3 Å². The number of ketones is 2. The van der Waals surface area contributed by atoms with Gasteiger partial charge < -0.3 is 5.73 Å². The standard InChI is InChI=1S/C23H23Cl2N3O2/c1-4-5-9-20(30)22-16(12-21(26)28-14(3)13(2)27-23(22)28)19(29)11-10-15-17(24)7-6-8-18(15)25/h6-8,10-12H,4-5,9,26H2,1-3H3. The lowest BCUT2D eigenvalue weighted by molar-refractivity contribution is 0.0967. The summed E-state index contributed by atoms with van der Waals surface area (Å²) in [6.45, 7) is 5.74. The number of nitrogens with zero attached hydrogens (tertiary/aromatic N) is 2. The number of rotatable bonds is 7. The highest BCUT2D eigenvalue weighted by molar-refractivity contribution is 6.37. The molecule has 156 valence electrons. The number of hydrogen-bond acceptors (Lipinski definition) is 4. The summed E-state index contributed by atoms with van der Waals surface area (Å²) in [7, 11) is 0. The molecule has 0 radical (unpaired) electrons. The summed E-state index contributed by atoms with van der Waals surface area (Å²) < 4.78 is 1.72. The summed E-state index contributed by atoms with van der Waals surface area (Å²) in [5.74, 6) is -0.139. The highest BCUT2D eigenvalue weighted by Crippen LogP contribution is 2.28. The van der Waals surface area contributed by atoms with Crippen molar-refractivity contribution < 1.29 is 9.59 Å². The van der Waals surface area contributed by atoms with E-state index in [1.165, 1.54) is 6.08 Å². The minimum atomic E-state index is -0.363. The van der Waals surface area contributed by atoms with Crippen molar-refractivity contribution in [2.24, 2.45) is 0 Å². The van der Waals surface area contributed by atoms with Gasteiger partial charge in [-0.2, -0.15) is 0 Å². The molecule has 1 aromatic carbocycles. The summed E-state index contributed by atoms with van der Waals surface area (Å²) in [6.07, 6.45) is 4.85. The zero-order valence-corrected chi connectivity index (χ0v) is 18.6. The Hall–Kier alpha value is -2.63. The second-order valence-electron chi connectivity index (χ2n) is 7.16. The van der Waals surface area contributed by atoms with Crippen LogP contribution >= 0.6 is 23.2 Å². The molecule has 7 heteroatoms. The quantitative estimate of drug-likeness (QED) is 0.352. The molecule has 2 aromatic heterocycles. The molecule has 0 saturated carbocycles. The molecule has 0 aliphatic heterocycles. The van der Waals surface area contributed by atoms with Gasteiger partial charge in [0.15, 0.2) is 11.6 Å². The van der Waals surface area contributed by atoms with Crippen LogP contribution in [0.1, 0.15) is 63.9 Å². The predicted octanol–water partition coefficient (Wildman–Crippen LogP) is 6.11. The average Bonchev–Trinajstić information content (AvgIpc) is 3.00. The second-order valence-corrected chi connectivity index (χ2v) is 7.97. The summed E-state index contributed by atoms with van der Waals surface area (Å²) in [6, 6.07) is 6.65. The molecule has 0 aliphatic carbocycles. The zero-order valence-electron chi connectivity index (χ0n) is 17.1. The monoisotopic (exact) mass is 443 g/mol. The zero-order chi connectivity index (χ0) is 22.0. The van der Waals surface area contributed by atoms with E-state index in [9.17, 15) is 9.59 Å². The molecule has 30 heavy (non-hydrogen) atoms. The first-order valence-corrected chi connectivity index (χ1v) is 10.5. The number of unbranched alkanes of at least 4 members (excludes halogenated alkanes) is 1. The van der Waals surface area contributed by atoms with Gasteiger partial charge in [0, 0.05) is 33.3 Å². The first-order chi connectivity index (χ1) is 14.3. The van der Waals surface area contributed by atoms with Crippen molar-refractivity contribution in [3.63, 3.8) is 0 Å². The van der Waals surface area contributed by atoms with Crippen molar-refractivity contribution >= 4 is 52.3 Å². The summed E-state index contributed by atoms with van der Waals surface area (Å²) in [5, 5.41) is 0.862. The third-order valence-corrected chi connectivity index (χ3v) is 5.75. The van der Waals surface area contributed by atoms with E-state index in [1.54, 1.807) is 34.7 Å². The number of halogens is 2. The number of allylic oxidation sites excluding steroid dienone is 1. The maximum atomic E-state index is 13.1. The third-order valence-electron chi connectivity index (χ3n) is 5.09. The van der Waals surface area contributed by atoms with Gasteiger partial charge in [-0.05, 0) is 50.6 Å². The number of imidazole rings is 1. The van der Waals surface area contributed by atoms with Crippen molar-refractivity contribution in [2.75, 3.05) is 5.73 Å². The lowest BCUT2D eigenvalue weighted by Crippen LogP contribution is -2.13. The molecular formula is C23H23Cl2N3O2. The number of nitrogens with two attached hydrogens (primary N) is 1. The minimum Gasteiger partial charge on any atom is -0.385 e. The molecule has 3 rings (SSSR count). The van der Waals surface area contributed by atoms with Crippen molar-refractivity contribution in [2.45, 2.75) is 40.0 Å². The lowest BCUT2D eigenvalue weighted by atomic mass is 9.97. The fraction of sp³-hybridized carbons (Fsp3) is 0.261. The van der Waals surface area contributed by atoms with Crippen molar-refractivity contribution in [3.8, 4) is 0 Å². The van der Waals surface area contributed by atoms with E-state index in [0.29, 0.717) is 39.1 Å². The van der Waals surface area contributed by atoms with Crippen LogP contribution in [0.3, 0.4) is 0 Å². The number of benzene rings is 1. The molecule has 5 nitrogen and oxygen atoms in total. The predicted molar refractivity (Wildman–Crippen MR) is 123 cm³/mol. The lowest BCUT2D eigenvalue weighted by Gasteiger charge is -2.12. The Morgan fingerprint density at radius 1 is 1.20 bits per heavy atom. The first-order valence-electron chi connectivity index (χ1n) is 9.74. The Bertz CT molecular complexity index is 1160. The van der Waals surface area contributed by atoms with Crippen LogP contribution in [-0.4, -0.2) is 21.0 Å². The highest BCUT2D eigenvalue weighted by atomic mass is 35.5. The van der Waals surface area contributed by atoms with Crippen molar-refractivity contribution in [1.82, 2.24) is 9.38 Å². The summed E-state index contributed by atoms with van der Waals surface area (Å²) in [5.41, 5.74) is 9.30. The van der Waals surface area contributed by atoms with Gasteiger partial charge in [-0.1, -0.05) is 42.6 Å². The summed E-state index contributed by atoms with van der Waals surface area (Å²) >= 11 is 12.4. The molecule has 0 amide bonds. The van der Waals surface area contributed by atoms with Crippen LogP contribution in [0.4, 0.5) is 5.82 Å². The molecule has 0 atom stereocenters. The van der Waals surface area contributed by atoms with Crippen LogP contribution in [0, 0.1) is 13.8 Å². The van der Waals surface area contributed by atoms with Gasteiger partial charge in [0.05, 0.1) is 11.3 Å². The topological polar surface area (TPSA) is 77.5 Å². The Labute approximate surface area is 185 Å². The Kier molecular flexibility index (Phi) is 6.64. The Balaban J connectivity index is 2.15. The van der Waals surface area contributed by atoms with E-state index >= 15 is 0 Å². The van der Waals surface area contributed by atoms with Crippen molar-refractivity contribution in [1.29, 1.82) is 0 Å². The van der Waals surface area contributed by atoms with Gasteiger partial charge in [0.1, 0.15) is 11.5 Å². The third kappa shape index (κ3) is 4.13. The first kappa shape index (κ1) is 22.1. The molecule has 0 aliphatic rings. The number of fused-ring (bicyclic) bond motifs is 1. The largest absolute Gasteiger partial charge is 0.385 e. The van der Waals surface area contributed by atoms with Crippen molar-refractivity contribution in [3.05, 3.63) is 68.5 Å². The van der Waals surface area contributed by atoms with Crippen LogP contribution in [0.5, 0.6) is 0 Å². The smallest absolute Gasteiger partial charge is 0.186 e. The number of carbonyl (C=O) groups is 2. The number of anilines is 1. The number of hydrogen-bond donors (Lipinski definition) is 1. The second kappa shape index (κ2) is 9.02. The number of aromatic nitrogens is 2. The molecule has 0 unspecified atom stereocenters. The Morgan fingerprint density at radius 2 is 1.87 bits per heavy atom. The van der Waals surface area contributed by atoms with Crippen LogP contribution < -0.4 is 5.73 Å². The van der Waals surface area contributed by atoms with E-state index in [1.807, 2.05) is 20.8 Å². The van der Waals surface area contributed by atoms with Crippen LogP contribution in [-0.2, 0) is 0 Å². The molecule has 0 fully saturated rings. The van der Waals surface area contributed by atoms with Gasteiger partial charge in [-0.25, -0.2) is 4.98 Å². The van der Waals surface area contributed by atoms with E-state index in [-0.39, 0.29) is 17.1 Å².